The molecule has 6 heteroatoms. The van der Waals surface area contributed by atoms with Gasteiger partial charge in [0.25, 0.3) is 5.91 Å². The summed E-state index contributed by atoms with van der Waals surface area (Å²) < 4.78 is 5.52. The second kappa shape index (κ2) is 6.16. The van der Waals surface area contributed by atoms with Crippen molar-refractivity contribution in [3.8, 4) is 6.07 Å². The van der Waals surface area contributed by atoms with Crippen molar-refractivity contribution < 1.29 is 14.3 Å². The first-order chi connectivity index (χ1) is 12.1. The third-order valence-corrected chi connectivity index (χ3v) is 5.56. The summed E-state index contributed by atoms with van der Waals surface area (Å²) in [5.74, 6) is 0.147. The molecule has 130 valence electrons. The van der Waals surface area contributed by atoms with Crippen LogP contribution in [-0.2, 0) is 14.3 Å². The van der Waals surface area contributed by atoms with Gasteiger partial charge in [0, 0.05) is 43.8 Å². The van der Waals surface area contributed by atoms with Crippen LogP contribution in [0.25, 0.3) is 0 Å². The van der Waals surface area contributed by atoms with E-state index >= 15 is 0 Å². The van der Waals surface area contributed by atoms with E-state index in [1.165, 1.54) is 0 Å². The summed E-state index contributed by atoms with van der Waals surface area (Å²) in [5.41, 5.74) is 1.14. The normalized spacial score (nSPS) is 28.8. The number of hydrogen-bond acceptors (Lipinski definition) is 4. The molecule has 3 fully saturated rings. The van der Waals surface area contributed by atoms with Crippen molar-refractivity contribution in [2.24, 2.45) is 5.41 Å². The monoisotopic (exact) mass is 339 g/mol. The number of hydrogen-bond donors (Lipinski definition) is 0. The van der Waals surface area contributed by atoms with Gasteiger partial charge in [0.1, 0.15) is 6.10 Å². The van der Waals surface area contributed by atoms with Crippen molar-refractivity contribution >= 4 is 17.5 Å². The molecule has 2 amide bonds. The van der Waals surface area contributed by atoms with E-state index in [1.54, 1.807) is 23.1 Å². The van der Waals surface area contributed by atoms with Crippen molar-refractivity contribution in [1.29, 1.82) is 5.26 Å². The lowest BCUT2D eigenvalue weighted by molar-refractivity contribution is -0.140. The first kappa shape index (κ1) is 16.1. The van der Waals surface area contributed by atoms with E-state index in [-0.39, 0.29) is 23.3 Å². The number of nitriles is 1. The molecule has 0 saturated carbocycles. The molecule has 3 aliphatic heterocycles. The smallest absolute Gasteiger partial charge is 0.251 e. The number of likely N-dealkylation sites (tertiary alicyclic amines) is 1. The summed E-state index contributed by atoms with van der Waals surface area (Å²) in [6.07, 6.45) is 2.74. The molecule has 0 aromatic heterocycles. The van der Waals surface area contributed by atoms with Gasteiger partial charge in [0.05, 0.1) is 11.6 Å². The maximum atomic E-state index is 12.6. The Balaban J connectivity index is 1.48. The van der Waals surface area contributed by atoms with Crippen LogP contribution in [0, 0.1) is 16.7 Å². The molecule has 6 nitrogen and oxygen atoms in total. The van der Waals surface area contributed by atoms with E-state index in [4.69, 9.17) is 10.00 Å². The summed E-state index contributed by atoms with van der Waals surface area (Å²) in [6.45, 7) is 2.58. The number of nitrogens with zero attached hydrogens (tertiary/aromatic N) is 3. The Hall–Kier alpha value is -2.39. The number of amides is 2. The fourth-order valence-corrected chi connectivity index (χ4v) is 4.25. The standard InChI is InChI=1S/C19H21N3O3/c20-11-14-3-1-4-15(9-14)22-13-19(10-17(22)23)6-7-21(12-19)18(24)16-5-2-8-25-16/h1,3-4,9,16H,2,5-8,10,12-13H2/t16-,19?/m1/s1. The minimum absolute atomic E-state index is 0.0708. The van der Waals surface area contributed by atoms with Gasteiger partial charge in [0.15, 0.2) is 0 Å². The Morgan fingerprint density at radius 3 is 3.00 bits per heavy atom. The average molecular weight is 339 g/mol. The molecule has 1 aromatic carbocycles. The van der Waals surface area contributed by atoms with Gasteiger partial charge in [0.2, 0.25) is 5.91 Å². The van der Waals surface area contributed by atoms with E-state index in [0.29, 0.717) is 38.2 Å². The predicted octanol–water partition coefficient (Wildman–Crippen LogP) is 1.69. The number of carbonyl (C=O) groups excluding carboxylic acids is 2. The molecule has 0 radical (unpaired) electrons. The Kier molecular flexibility index (Phi) is 3.97. The van der Waals surface area contributed by atoms with Crippen molar-refractivity contribution in [3.05, 3.63) is 29.8 Å². The van der Waals surface area contributed by atoms with Crippen LogP contribution in [0.4, 0.5) is 5.69 Å². The summed E-state index contributed by atoms with van der Waals surface area (Å²) in [7, 11) is 0. The second-order valence-electron chi connectivity index (χ2n) is 7.33. The maximum absolute atomic E-state index is 12.6. The minimum atomic E-state index is -0.296. The molecule has 1 spiro atoms. The number of anilines is 1. The molecule has 0 bridgehead atoms. The van der Waals surface area contributed by atoms with Crippen molar-refractivity contribution in [3.63, 3.8) is 0 Å². The molecule has 1 unspecified atom stereocenters. The van der Waals surface area contributed by atoms with E-state index in [2.05, 4.69) is 6.07 Å². The van der Waals surface area contributed by atoms with Gasteiger partial charge in [-0.15, -0.1) is 0 Å². The zero-order chi connectivity index (χ0) is 17.4. The average Bonchev–Trinajstić information content (AvgIpc) is 3.36. The Morgan fingerprint density at radius 1 is 1.36 bits per heavy atom. The minimum Gasteiger partial charge on any atom is -0.368 e. The SMILES string of the molecule is N#Cc1cccc(N2CC3(CCN(C(=O)[C@H]4CCCO4)C3)CC2=O)c1. The van der Waals surface area contributed by atoms with E-state index < -0.39 is 0 Å². The largest absolute Gasteiger partial charge is 0.368 e. The lowest BCUT2D eigenvalue weighted by atomic mass is 9.86. The van der Waals surface area contributed by atoms with Gasteiger partial charge in [-0.3, -0.25) is 9.59 Å². The fourth-order valence-electron chi connectivity index (χ4n) is 4.25. The third-order valence-electron chi connectivity index (χ3n) is 5.56. The van der Waals surface area contributed by atoms with E-state index in [0.717, 1.165) is 24.9 Å². The number of rotatable bonds is 2. The number of carbonyl (C=O) groups is 2. The van der Waals surface area contributed by atoms with Crippen LogP contribution in [-0.4, -0.2) is 49.1 Å². The zero-order valence-electron chi connectivity index (χ0n) is 14.1. The van der Waals surface area contributed by atoms with Crippen molar-refractivity contribution in [2.75, 3.05) is 31.1 Å². The molecule has 0 aliphatic carbocycles. The molecule has 3 saturated heterocycles. The quantitative estimate of drug-likeness (QED) is 0.822. The fraction of sp³-hybridized carbons (Fsp3) is 0.526. The molecule has 2 atom stereocenters. The second-order valence-corrected chi connectivity index (χ2v) is 7.33. The molecular weight excluding hydrogens is 318 g/mol. The highest BCUT2D eigenvalue weighted by atomic mass is 16.5. The highest BCUT2D eigenvalue weighted by Crippen LogP contribution is 2.42. The van der Waals surface area contributed by atoms with Gasteiger partial charge < -0.3 is 14.5 Å². The first-order valence-corrected chi connectivity index (χ1v) is 8.81. The lowest BCUT2D eigenvalue weighted by Gasteiger charge is -2.25. The van der Waals surface area contributed by atoms with Crippen molar-refractivity contribution in [2.45, 2.75) is 31.8 Å². The van der Waals surface area contributed by atoms with Crippen LogP contribution in [0.3, 0.4) is 0 Å². The molecule has 1 aromatic rings. The Morgan fingerprint density at radius 2 is 2.24 bits per heavy atom. The summed E-state index contributed by atoms with van der Waals surface area (Å²) >= 11 is 0. The van der Waals surface area contributed by atoms with E-state index in [1.807, 2.05) is 11.0 Å². The summed E-state index contributed by atoms with van der Waals surface area (Å²) in [4.78, 5) is 28.8. The van der Waals surface area contributed by atoms with E-state index in [9.17, 15) is 9.59 Å². The molecule has 4 rings (SSSR count). The molecule has 0 N–H and O–H groups in total. The highest BCUT2D eigenvalue weighted by Gasteiger charge is 2.49. The van der Waals surface area contributed by atoms with Crippen LogP contribution in [0.15, 0.2) is 24.3 Å². The molecular formula is C19H21N3O3. The maximum Gasteiger partial charge on any atom is 0.251 e. The summed E-state index contributed by atoms with van der Waals surface area (Å²) in [5, 5.41) is 9.07. The van der Waals surface area contributed by atoms with Crippen LogP contribution >= 0.6 is 0 Å². The van der Waals surface area contributed by atoms with Crippen LogP contribution < -0.4 is 4.90 Å². The van der Waals surface area contributed by atoms with Crippen molar-refractivity contribution in [1.82, 2.24) is 4.90 Å². The molecule has 3 heterocycles. The number of benzene rings is 1. The zero-order valence-corrected chi connectivity index (χ0v) is 14.1. The van der Waals surface area contributed by atoms with Gasteiger partial charge in [-0.1, -0.05) is 6.07 Å². The van der Waals surface area contributed by atoms with Crippen LogP contribution in [0.5, 0.6) is 0 Å². The van der Waals surface area contributed by atoms with Gasteiger partial charge >= 0.3 is 0 Å². The molecule has 3 aliphatic rings. The Bertz CT molecular complexity index is 751. The van der Waals surface area contributed by atoms with Crippen LogP contribution in [0.1, 0.15) is 31.2 Å². The topological polar surface area (TPSA) is 73.6 Å². The Labute approximate surface area is 147 Å². The van der Waals surface area contributed by atoms with Gasteiger partial charge in [-0.05, 0) is 37.5 Å². The van der Waals surface area contributed by atoms with Gasteiger partial charge in [-0.2, -0.15) is 5.26 Å². The third kappa shape index (κ3) is 2.89. The first-order valence-electron chi connectivity index (χ1n) is 8.81. The predicted molar refractivity (Wildman–Crippen MR) is 90.7 cm³/mol. The van der Waals surface area contributed by atoms with Crippen LogP contribution in [0.2, 0.25) is 0 Å². The highest BCUT2D eigenvalue weighted by molar-refractivity contribution is 5.96. The lowest BCUT2D eigenvalue weighted by Crippen LogP contribution is -2.39. The van der Waals surface area contributed by atoms with Gasteiger partial charge in [-0.25, -0.2) is 0 Å². The number of ether oxygens (including phenoxy) is 1. The summed E-state index contributed by atoms with van der Waals surface area (Å²) in [6, 6.07) is 9.26. The molecule has 25 heavy (non-hydrogen) atoms.